The van der Waals surface area contributed by atoms with Crippen LogP contribution >= 0.6 is 11.3 Å². The molecule has 1 aliphatic rings. The van der Waals surface area contributed by atoms with E-state index in [9.17, 15) is 4.79 Å². The first-order valence-electron chi connectivity index (χ1n) is 5.80. The Morgan fingerprint density at radius 3 is 3.06 bits per heavy atom. The van der Waals surface area contributed by atoms with Crippen molar-refractivity contribution in [2.45, 2.75) is 25.2 Å². The molecule has 6 heteroatoms. The molecule has 2 aromatic rings. The van der Waals surface area contributed by atoms with E-state index in [0.29, 0.717) is 18.3 Å². The van der Waals surface area contributed by atoms with Gasteiger partial charge in [0.15, 0.2) is 0 Å². The van der Waals surface area contributed by atoms with Crippen LogP contribution in [0.15, 0.2) is 21.3 Å². The van der Waals surface area contributed by atoms with Gasteiger partial charge in [-0.1, -0.05) is 5.16 Å². The molecule has 0 spiro atoms. The van der Waals surface area contributed by atoms with E-state index >= 15 is 0 Å². The van der Waals surface area contributed by atoms with Crippen molar-refractivity contribution in [1.29, 1.82) is 0 Å². The lowest BCUT2D eigenvalue weighted by molar-refractivity contribution is -0.146. The second-order valence-electron chi connectivity index (χ2n) is 4.24. The number of rotatable bonds is 4. The summed E-state index contributed by atoms with van der Waals surface area (Å²) in [6.45, 7) is 2.16. The highest BCUT2D eigenvalue weighted by molar-refractivity contribution is 7.08. The van der Waals surface area contributed by atoms with Gasteiger partial charge in [0.05, 0.1) is 6.61 Å². The summed E-state index contributed by atoms with van der Waals surface area (Å²) in [7, 11) is 0. The largest absolute Gasteiger partial charge is 0.465 e. The summed E-state index contributed by atoms with van der Waals surface area (Å²) < 4.78 is 10.3. The molecule has 0 atom stereocenters. The van der Waals surface area contributed by atoms with Crippen LogP contribution in [0, 0.1) is 0 Å². The predicted octanol–water partition coefficient (Wildman–Crippen LogP) is 2.39. The van der Waals surface area contributed by atoms with Crippen LogP contribution < -0.4 is 0 Å². The molecule has 18 heavy (non-hydrogen) atoms. The highest BCUT2D eigenvalue weighted by Crippen LogP contribution is 2.48. The van der Waals surface area contributed by atoms with Crippen LogP contribution in [0.25, 0.3) is 11.4 Å². The predicted molar refractivity (Wildman–Crippen MR) is 65.2 cm³/mol. The molecule has 1 aliphatic carbocycles. The van der Waals surface area contributed by atoms with Crippen molar-refractivity contribution in [1.82, 2.24) is 10.1 Å². The lowest BCUT2D eigenvalue weighted by atomic mass is 10.1. The van der Waals surface area contributed by atoms with E-state index in [1.165, 1.54) is 0 Å². The molecule has 0 N–H and O–H groups in total. The van der Waals surface area contributed by atoms with Gasteiger partial charge in [-0.25, -0.2) is 0 Å². The minimum Gasteiger partial charge on any atom is -0.465 e. The first kappa shape index (κ1) is 11.4. The van der Waals surface area contributed by atoms with Gasteiger partial charge in [-0.3, -0.25) is 4.79 Å². The third-order valence-electron chi connectivity index (χ3n) is 3.03. The summed E-state index contributed by atoms with van der Waals surface area (Å²) in [6.07, 6.45) is 1.44. The minimum atomic E-state index is -0.683. The Balaban J connectivity index is 1.88. The van der Waals surface area contributed by atoms with Gasteiger partial charge < -0.3 is 9.26 Å². The van der Waals surface area contributed by atoms with Gasteiger partial charge in [0.1, 0.15) is 5.41 Å². The Morgan fingerprint density at radius 1 is 1.61 bits per heavy atom. The molecule has 0 unspecified atom stereocenters. The SMILES string of the molecule is CCOC(=O)C1(c2nc(-c3ccsc3)no2)CC1. The van der Waals surface area contributed by atoms with Crippen LogP contribution in [0.1, 0.15) is 25.7 Å². The molecule has 2 heterocycles. The van der Waals surface area contributed by atoms with Gasteiger partial charge in [-0.2, -0.15) is 16.3 Å². The van der Waals surface area contributed by atoms with Crippen LogP contribution in [0.4, 0.5) is 0 Å². The second kappa shape index (κ2) is 4.20. The van der Waals surface area contributed by atoms with E-state index in [4.69, 9.17) is 9.26 Å². The first-order chi connectivity index (χ1) is 8.76. The number of ether oxygens (including phenoxy) is 1. The minimum absolute atomic E-state index is 0.259. The summed E-state index contributed by atoms with van der Waals surface area (Å²) >= 11 is 1.57. The molecule has 0 bridgehead atoms. The fraction of sp³-hybridized carbons (Fsp3) is 0.417. The summed E-state index contributed by atoms with van der Waals surface area (Å²) in [4.78, 5) is 16.2. The van der Waals surface area contributed by atoms with E-state index in [1.807, 2.05) is 16.8 Å². The Bertz CT molecular complexity index is 558. The molecule has 0 saturated heterocycles. The quantitative estimate of drug-likeness (QED) is 0.793. The molecule has 1 fully saturated rings. The zero-order chi connectivity index (χ0) is 12.6. The average molecular weight is 264 g/mol. The maximum absolute atomic E-state index is 11.9. The fourth-order valence-electron chi connectivity index (χ4n) is 1.83. The normalized spacial score (nSPS) is 16.5. The van der Waals surface area contributed by atoms with E-state index in [-0.39, 0.29) is 5.97 Å². The molecular formula is C12H12N2O3S. The number of hydrogen-bond acceptors (Lipinski definition) is 6. The standard InChI is InChI=1S/C12H12N2O3S/c1-2-16-11(15)12(4-5-12)10-13-9(14-17-10)8-3-6-18-7-8/h3,6-7H,2,4-5H2,1H3. The molecule has 0 aliphatic heterocycles. The van der Waals surface area contributed by atoms with Crippen LogP contribution in [0.2, 0.25) is 0 Å². The zero-order valence-corrected chi connectivity index (χ0v) is 10.7. The Hall–Kier alpha value is -1.69. The number of carbonyl (C=O) groups excluding carboxylic acids is 1. The molecule has 94 valence electrons. The Morgan fingerprint density at radius 2 is 2.44 bits per heavy atom. The van der Waals surface area contributed by atoms with Crippen molar-refractivity contribution in [3.63, 3.8) is 0 Å². The lowest BCUT2D eigenvalue weighted by Crippen LogP contribution is -2.23. The maximum atomic E-state index is 11.9. The highest BCUT2D eigenvalue weighted by Gasteiger charge is 2.57. The maximum Gasteiger partial charge on any atom is 0.321 e. The van der Waals surface area contributed by atoms with E-state index in [2.05, 4.69) is 10.1 Å². The van der Waals surface area contributed by atoms with Crippen molar-refractivity contribution in [3.8, 4) is 11.4 Å². The first-order valence-corrected chi connectivity index (χ1v) is 6.74. The van der Waals surface area contributed by atoms with Gasteiger partial charge in [-0.05, 0) is 31.2 Å². The number of thiophene rings is 1. The molecule has 3 rings (SSSR count). The van der Waals surface area contributed by atoms with Gasteiger partial charge in [0.25, 0.3) is 0 Å². The summed E-state index contributed by atoms with van der Waals surface area (Å²) in [5.41, 5.74) is 0.228. The van der Waals surface area contributed by atoms with E-state index < -0.39 is 5.41 Å². The van der Waals surface area contributed by atoms with Crippen LogP contribution in [-0.4, -0.2) is 22.7 Å². The number of aromatic nitrogens is 2. The molecule has 1 saturated carbocycles. The van der Waals surface area contributed by atoms with Gasteiger partial charge >= 0.3 is 5.97 Å². The van der Waals surface area contributed by atoms with Crippen LogP contribution in [0.3, 0.4) is 0 Å². The third kappa shape index (κ3) is 1.73. The fourth-order valence-corrected chi connectivity index (χ4v) is 2.46. The molecule has 5 nitrogen and oxygen atoms in total. The number of carbonyl (C=O) groups is 1. The summed E-state index contributed by atoms with van der Waals surface area (Å²) in [5.74, 6) is 0.648. The summed E-state index contributed by atoms with van der Waals surface area (Å²) in [5, 5.41) is 7.81. The second-order valence-corrected chi connectivity index (χ2v) is 5.02. The van der Waals surface area contributed by atoms with Crippen LogP contribution in [0.5, 0.6) is 0 Å². The Labute approximate surface area is 108 Å². The van der Waals surface area contributed by atoms with E-state index in [1.54, 1.807) is 18.3 Å². The molecular weight excluding hydrogens is 252 g/mol. The van der Waals surface area contributed by atoms with Crippen molar-refractivity contribution >= 4 is 17.3 Å². The average Bonchev–Trinajstić information content (AvgIpc) is 2.83. The number of nitrogens with zero attached hydrogens (tertiary/aromatic N) is 2. The van der Waals surface area contributed by atoms with E-state index in [0.717, 1.165) is 18.4 Å². The highest BCUT2D eigenvalue weighted by atomic mass is 32.1. The molecule has 0 amide bonds. The lowest BCUT2D eigenvalue weighted by Gasteiger charge is -2.07. The molecule has 2 aromatic heterocycles. The topological polar surface area (TPSA) is 65.2 Å². The zero-order valence-electron chi connectivity index (χ0n) is 9.88. The van der Waals surface area contributed by atoms with Crippen molar-refractivity contribution in [2.75, 3.05) is 6.61 Å². The van der Waals surface area contributed by atoms with Crippen LogP contribution in [-0.2, 0) is 14.9 Å². The van der Waals surface area contributed by atoms with Crippen molar-refractivity contribution in [2.24, 2.45) is 0 Å². The van der Waals surface area contributed by atoms with Crippen molar-refractivity contribution < 1.29 is 14.1 Å². The smallest absolute Gasteiger partial charge is 0.321 e. The monoisotopic (exact) mass is 264 g/mol. The third-order valence-corrected chi connectivity index (χ3v) is 3.71. The van der Waals surface area contributed by atoms with Gasteiger partial charge in [-0.15, -0.1) is 0 Å². The Kier molecular flexibility index (Phi) is 2.66. The molecule has 0 radical (unpaired) electrons. The van der Waals surface area contributed by atoms with Gasteiger partial charge in [0.2, 0.25) is 11.7 Å². The summed E-state index contributed by atoms with van der Waals surface area (Å²) in [6, 6.07) is 1.92. The number of esters is 1. The van der Waals surface area contributed by atoms with Crippen molar-refractivity contribution in [3.05, 3.63) is 22.7 Å². The van der Waals surface area contributed by atoms with Gasteiger partial charge in [0, 0.05) is 10.9 Å². The number of hydrogen-bond donors (Lipinski definition) is 0. The molecule has 0 aromatic carbocycles.